The number of nitrogens with zero attached hydrogens (tertiary/aromatic N) is 2. The second-order valence-corrected chi connectivity index (χ2v) is 6.76. The molecule has 1 amide bonds. The first-order valence-corrected chi connectivity index (χ1v) is 8.61. The van der Waals surface area contributed by atoms with Crippen LogP contribution in [0.3, 0.4) is 0 Å². The van der Waals surface area contributed by atoms with Gasteiger partial charge in [-0.1, -0.05) is 0 Å². The van der Waals surface area contributed by atoms with Crippen molar-refractivity contribution >= 4 is 34.9 Å². The molecule has 0 atom stereocenters. The van der Waals surface area contributed by atoms with Crippen molar-refractivity contribution in [3.8, 4) is 0 Å². The van der Waals surface area contributed by atoms with Gasteiger partial charge >= 0.3 is 0 Å². The maximum atomic E-state index is 12.2. The van der Waals surface area contributed by atoms with Crippen molar-refractivity contribution in [2.75, 3.05) is 18.4 Å². The van der Waals surface area contributed by atoms with Gasteiger partial charge in [0.15, 0.2) is 0 Å². The van der Waals surface area contributed by atoms with Gasteiger partial charge in [0.2, 0.25) is 5.91 Å². The van der Waals surface area contributed by atoms with Crippen molar-refractivity contribution in [2.24, 2.45) is 5.92 Å². The molecule has 0 unspecified atom stereocenters. The minimum atomic E-state index is 0. The van der Waals surface area contributed by atoms with Gasteiger partial charge in [0.25, 0.3) is 0 Å². The number of benzene rings is 1. The van der Waals surface area contributed by atoms with Crippen molar-refractivity contribution in [1.82, 2.24) is 15.1 Å². The molecule has 2 heterocycles. The van der Waals surface area contributed by atoms with E-state index in [4.69, 9.17) is 0 Å². The summed E-state index contributed by atoms with van der Waals surface area (Å²) in [7, 11) is 0. The number of amides is 1. The van der Waals surface area contributed by atoms with E-state index in [-0.39, 0.29) is 18.3 Å². The minimum Gasteiger partial charge on any atom is -0.326 e. The van der Waals surface area contributed by atoms with Crippen LogP contribution in [0, 0.1) is 5.92 Å². The number of halogens is 1. The molecule has 5 nitrogen and oxygen atoms in total. The number of rotatable bonds is 5. The van der Waals surface area contributed by atoms with Crippen LogP contribution in [-0.2, 0) is 4.79 Å². The van der Waals surface area contributed by atoms with Gasteiger partial charge in [0.05, 0.1) is 5.52 Å². The van der Waals surface area contributed by atoms with E-state index in [0.717, 1.165) is 36.1 Å². The van der Waals surface area contributed by atoms with Gasteiger partial charge in [0.1, 0.15) is 0 Å². The number of piperidine rings is 1. The Kier molecular flexibility index (Phi) is 6.63. The van der Waals surface area contributed by atoms with E-state index in [1.165, 1.54) is 12.8 Å². The van der Waals surface area contributed by atoms with E-state index in [1.54, 1.807) is 0 Å². The smallest absolute Gasteiger partial charge is 0.224 e. The lowest BCUT2D eigenvalue weighted by atomic mass is 9.93. The minimum absolute atomic E-state index is 0. The molecule has 0 aliphatic carbocycles. The molecule has 1 aromatic carbocycles. The van der Waals surface area contributed by atoms with Crippen LogP contribution >= 0.6 is 12.4 Å². The Labute approximate surface area is 149 Å². The summed E-state index contributed by atoms with van der Waals surface area (Å²) in [6, 6.07) is 6.24. The van der Waals surface area contributed by atoms with E-state index < -0.39 is 0 Å². The predicted octanol–water partition coefficient (Wildman–Crippen LogP) is 3.76. The highest BCUT2D eigenvalue weighted by Crippen LogP contribution is 2.21. The fourth-order valence-electron chi connectivity index (χ4n) is 3.12. The van der Waals surface area contributed by atoms with Gasteiger partial charge in [-0.05, 0) is 70.3 Å². The molecule has 6 heteroatoms. The van der Waals surface area contributed by atoms with Crippen molar-refractivity contribution < 1.29 is 4.79 Å². The van der Waals surface area contributed by atoms with Gasteiger partial charge in [-0.15, -0.1) is 12.4 Å². The van der Waals surface area contributed by atoms with Crippen LogP contribution in [0.5, 0.6) is 0 Å². The summed E-state index contributed by atoms with van der Waals surface area (Å²) in [4.78, 5) is 12.2. The molecule has 2 aromatic rings. The van der Waals surface area contributed by atoms with Gasteiger partial charge in [-0.25, -0.2) is 0 Å². The third kappa shape index (κ3) is 4.71. The normalized spacial score (nSPS) is 15.5. The van der Waals surface area contributed by atoms with Crippen LogP contribution in [-0.4, -0.2) is 28.8 Å². The monoisotopic (exact) mass is 350 g/mol. The molecule has 1 aliphatic heterocycles. The van der Waals surface area contributed by atoms with Crippen LogP contribution < -0.4 is 10.6 Å². The zero-order chi connectivity index (χ0) is 16.2. The van der Waals surface area contributed by atoms with Crippen molar-refractivity contribution in [1.29, 1.82) is 0 Å². The molecule has 0 spiro atoms. The highest BCUT2D eigenvalue weighted by molar-refractivity contribution is 5.93. The molecule has 132 valence electrons. The first-order valence-electron chi connectivity index (χ1n) is 8.61. The van der Waals surface area contributed by atoms with Crippen molar-refractivity contribution in [2.45, 2.75) is 45.6 Å². The molecule has 1 saturated heterocycles. The largest absolute Gasteiger partial charge is 0.326 e. The second-order valence-electron chi connectivity index (χ2n) is 6.76. The Bertz CT molecular complexity index is 677. The number of anilines is 1. The highest BCUT2D eigenvalue weighted by atomic mass is 35.5. The molecule has 0 bridgehead atoms. The first kappa shape index (κ1) is 18.7. The molecule has 2 N–H and O–H groups in total. The molecule has 1 aliphatic rings. The average Bonchev–Trinajstić information content (AvgIpc) is 2.97. The maximum absolute atomic E-state index is 12.2. The zero-order valence-corrected chi connectivity index (χ0v) is 15.2. The SMILES string of the molecule is CC(C)n1cc2cc(NC(=O)CCC3CCNCC3)ccc2n1.Cl. The molecule has 1 aromatic heterocycles. The topological polar surface area (TPSA) is 59.0 Å². The van der Waals surface area contributed by atoms with E-state index in [0.29, 0.717) is 18.4 Å². The van der Waals surface area contributed by atoms with Crippen molar-refractivity contribution in [3.05, 3.63) is 24.4 Å². The summed E-state index contributed by atoms with van der Waals surface area (Å²) < 4.78 is 1.95. The predicted molar refractivity (Wildman–Crippen MR) is 101 cm³/mol. The third-order valence-electron chi connectivity index (χ3n) is 4.57. The fourth-order valence-corrected chi connectivity index (χ4v) is 3.12. The van der Waals surface area contributed by atoms with Crippen LogP contribution in [0.25, 0.3) is 10.9 Å². The summed E-state index contributed by atoms with van der Waals surface area (Å²) in [5.41, 5.74) is 1.82. The highest BCUT2D eigenvalue weighted by Gasteiger charge is 2.14. The Balaban J connectivity index is 0.00000208. The number of aromatic nitrogens is 2. The Morgan fingerprint density at radius 3 is 2.83 bits per heavy atom. The van der Waals surface area contributed by atoms with Crippen LogP contribution in [0.2, 0.25) is 0 Å². The Hall–Kier alpha value is -1.59. The molecule has 0 radical (unpaired) electrons. The van der Waals surface area contributed by atoms with Crippen LogP contribution in [0.1, 0.15) is 45.6 Å². The standard InChI is InChI=1S/C18H26N4O.ClH/c1-13(2)22-12-15-11-16(4-5-17(15)21-22)20-18(23)6-3-14-7-9-19-10-8-14;/h4-5,11-14,19H,3,6-10H2,1-2H3,(H,20,23);1H. The number of carbonyl (C=O) groups is 1. The van der Waals surface area contributed by atoms with E-state index in [2.05, 4.69) is 29.6 Å². The number of carbonyl (C=O) groups excluding carboxylic acids is 1. The average molecular weight is 351 g/mol. The van der Waals surface area contributed by atoms with Gasteiger partial charge < -0.3 is 10.6 Å². The quantitative estimate of drug-likeness (QED) is 0.863. The van der Waals surface area contributed by atoms with Crippen LogP contribution in [0.4, 0.5) is 5.69 Å². The summed E-state index contributed by atoms with van der Waals surface area (Å²) in [5.74, 6) is 0.799. The fraction of sp³-hybridized carbons (Fsp3) is 0.556. The number of hydrogen-bond acceptors (Lipinski definition) is 3. The summed E-state index contributed by atoms with van der Waals surface area (Å²) >= 11 is 0. The lowest BCUT2D eigenvalue weighted by Gasteiger charge is -2.22. The molecule has 1 fully saturated rings. The van der Waals surface area contributed by atoms with Crippen LogP contribution in [0.15, 0.2) is 24.4 Å². The number of nitrogens with one attached hydrogen (secondary N) is 2. The molecular formula is C18H27ClN4O. The maximum Gasteiger partial charge on any atom is 0.224 e. The van der Waals surface area contributed by atoms with Gasteiger partial charge in [-0.3, -0.25) is 9.48 Å². The summed E-state index contributed by atoms with van der Waals surface area (Å²) in [5, 5.41) is 12.0. The third-order valence-corrected chi connectivity index (χ3v) is 4.57. The molecule has 24 heavy (non-hydrogen) atoms. The van der Waals surface area contributed by atoms with Crippen molar-refractivity contribution in [3.63, 3.8) is 0 Å². The summed E-state index contributed by atoms with van der Waals surface area (Å²) in [6.07, 6.45) is 6.00. The molecule has 0 saturated carbocycles. The van der Waals surface area contributed by atoms with E-state index >= 15 is 0 Å². The van der Waals surface area contributed by atoms with E-state index in [1.807, 2.05) is 29.1 Å². The van der Waals surface area contributed by atoms with Gasteiger partial charge in [0, 0.05) is 29.7 Å². The molecule has 3 rings (SSSR count). The second kappa shape index (κ2) is 8.49. The van der Waals surface area contributed by atoms with Gasteiger partial charge in [-0.2, -0.15) is 5.10 Å². The first-order chi connectivity index (χ1) is 11.1. The van der Waals surface area contributed by atoms with E-state index in [9.17, 15) is 4.79 Å². The molecular weight excluding hydrogens is 324 g/mol. The number of hydrogen-bond donors (Lipinski definition) is 2. The number of fused-ring (bicyclic) bond motifs is 1. The zero-order valence-electron chi connectivity index (χ0n) is 14.4. The lowest BCUT2D eigenvalue weighted by Crippen LogP contribution is -2.28. The Morgan fingerprint density at radius 1 is 1.38 bits per heavy atom. The Morgan fingerprint density at radius 2 is 2.12 bits per heavy atom. The summed E-state index contributed by atoms with van der Waals surface area (Å²) in [6.45, 7) is 6.39. The lowest BCUT2D eigenvalue weighted by molar-refractivity contribution is -0.116.